The van der Waals surface area contributed by atoms with E-state index in [1.807, 2.05) is 0 Å². The molecule has 0 atom stereocenters. The molecule has 0 saturated heterocycles. The zero-order valence-corrected chi connectivity index (χ0v) is 8.99. The second-order valence-electron chi connectivity index (χ2n) is 3.55. The quantitative estimate of drug-likeness (QED) is 0.579. The zero-order chi connectivity index (χ0) is 10.8. The van der Waals surface area contributed by atoms with Gasteiger partial charge in [-0.3, -0.25) is 4.79 Å². The van der Waals surface area contributed by atoms with Gasteiger partial charge in [-0.05, 0) is 12.3 Å². The van der Waals surface area contributed by atoms with E-state index >= 15 is 0 Å². The van der Waals surface area contributed by atoms with E-state index in [9.17, 15) is 4.79 Å². The van der Waals surface area contributed by atoms with E-state index in [0.717, 1.165) is 13.0 Å². The van der Waals surface area contributed by atoms with Crippen molar-refractivity contribution in [3.8, 4) is 0 Å². The van der Waals surface area contributed by atoms with Gasteiger partial charge in [0.25, 0.3) is 0 Å². The predicted octanol–water partition coefficient (Wildman–Crippen LogP) is 1.54. The second-order valence-corrected chi connectivity index (χ2v) is 3.55. The van der Waals surface area contributed by atoms with Crippen molar-refractivity contribution in [2.24, 2.45) is 5.92 Å². The molecule has 0 aliphatic carbocycles. The van der Waals surface area contributed by atoms with E-state index in [4.69, 9.17) is 14.6 Å². The fraction of sp³-hybridized carbons (Fsp3) is 0.900. The van der Waals surface area contributed by atoms with Gasteiger partial charge in [0.2, 0.25) is 0 Å². The average molecular weight is 204 g/mol. The Balaban J connectivity index is 2.96. The van der Waals surface area contributed by atoms with Gasteiger partial charge in [-0.25, -0.2) is 0 Å². The topological polar surface area (TPSA) is 55.8 Å². The molecular weight excluding hydrogens is 184 g/mol. The molecule has 0 aromatic rings. The monoisotopic (exact) mass is 204 g/mol. The van der Waals surface area contributed by atoms with Crippen molar-refractivity contribution in [2.75, 3.05) is 26.4 Å². The SMILES string of the molecule is CC(C)CCOCCOCCC(=O)O. The van der Waals surface area contributed by atoms with E-state index in [1.165, 1.54) is 0 Å². The van der Waals surface area contributed by atoms with Gasteiger partial charge in [0, 0.05) is 6.61 Å². The smallest absolute Gasteiger partial charge is 0.305 e. The summed E-state index contributed by atoms with van der Waals surface area (Å²) in [4.78, 5) is 10.1. The highest BCUT2D eigenvalue weighted by Gasteiger charge is 1.96. The molecule has 1 N–H and O–H groups in total. The Morgan fingerprint density at radius 2 is 1.71 bits per heavy atom. The molecule has 14 heavy (non-hydrogen) atoms. The Morgan fingerprint density at radius 3 is 2.21 bits per heavy atom. The van der Waals surface area contributed by atoms with Crippen LogP contribution in [-0.2, 0) is 14.3 Å². The molecule has 0 spiro atoms. The molecule has 0 aromatic carbocycles. The molecule has 0 amide bonds. The number of aliphatic carboxylic acids is 1. The standard InChI is InChI=1S/C10H20O4/c1-9(2)3-5-13-7-8-14-6-4-10(11)12/h9H,3-8H2,1-2H3,(H,11,12). The van der Waals surface area contributed by atoms with Crippen molar-refractivity contribution in [3.05, 3.63) is 0 Å². The number of hydrogen-bond acceptors (Lipinski definition) is 3. The fourth-order valence-electron chi connectivity index (χ4n) is 0.800. The molecule has 4 nitrogen and oxygen atoms in total. The largest absolute Gasteiger partial charge is 0.481 e. The summed E-state index contributed by atoms with van der Waals surface area (Å²) in [6.07, 6.45) is 1.11. The van der Waals surface area contributed by atoms with Gasteiger partial charge in [-0.1, -0.05) is 13.8 Å². The molecule has 0 fully saturated rings. The van der Waals surface area contributed by atoms with Crippen molar-refractivity contribution in [3.63, 3.8) is 0 Å². The van der Waals surface area contributed by atoms with Crippen LogP contribution >= 0.6 is 0 Å². The van der Waals surface area contributed by atoms with Gasteiger partial charge in [0.05, 0.1) is 26.2 Å². The first-order valence-electron chi connectivity index (χ1n) is 5.00. The van der Waals surface area contributed by atoms with Crippen LogP contribution in [0.3, 0.4) is 0 Å². The summed E-state index contributed by atoms with van der Waals surface area (Å²) in [5.74, 6) is -0.173. The van der Waals surface area contributed by atoms with Crippen LogP contribution in [0.25, 0.3) is 0 Å². The van der Waals surface area contributed by atoms with E-state index in [1.54, 1.807) is 0 Å². The predicted molar refractivity (Wildman–Crippen MR) is 53.3 cm³/mol. The van der Waals surface area contributed by atoms with Gasteiger partial charge in [-0.15, -0.1) is 0 Å². The molecule has 0 heterocycles. The van der Waals surface area contributed by atoms with Gasteiger partial charge in [-0.2, -0.15) is 0 Å². The first-order chi connectivity index (χ1) is 6.63. The van der Waals surface area contributed by atoms with Crippen LogP contribution in [0.5, 0.6) is 0 Å². The maximum Gasteiger partial charge on any atom is 0.305 e. The van der Waals surface area contributed by atoms with Crippen molar-refractivity contribution in [1.29, 1.82) is 0 Å². The lowest BCUT2D eigenvalue weighted by atomic mass is 10.1. The van der Waals surface area contributed by atoms with Crippen LogP contribution in [0.1, 0.15) is 26.7 Å². The highest BCUT2D eigenvalue weighted by Crippen LogP contribution is 1.98. The summed E-state index contributed by atoms with van der Waals surface area (Å²) in [6, 6.07) is 0. The van der Waals surface area contributed by atoms with Crippen LogP contribution < -0.4 is 0 Å². The van der Waals surface area contributed by atoms with Crippen molar-refractivity contribution in [1.82, 2.24) is 0 Å². The molecule has 84 valence electrons. The summed E-state index contributed by atoms with van der Waals surface area (Å²) in [5.41, 5.74) is 0. The molecule has 0 saturated carbocycles. The Hall–Kier alpha value is -0.610. The van der Waals surface area contributed by atoms with Crippen LogP contribution in [0.15, 0.2) is 0 Å². The summed E-state index contributed by atoms with van der Waals surface area (Å²) in [7, 11) is 0. The van der Waals surface area contributed by atoms with Crippen LogP contribution in [0.4, 0.5) is 0 Å². The number of rotatable bonds is 9. The third-order valence-electron chi connectivity index (χ3n) is 1.67. The molecule has 0 unspecified atom stereocenters. The minimum atomic E-state index is -0.828. The van der Waals surface area contributed by atoms with Crippen molar-refractivity contribution in [2.45, 2.75) is 26.7 Å². The Morgan fingerprint density at radius 1 is 1.14 bits per heavy atom. The Bertz CT molecular complexity index is 145. The van der Waals surface area contributed by atoms with Gasteiger partial charge < -0.3 is 14.6 Å². The fourth-order valence-corrected chi connectivity index (χ4v) is 0.800. The molecule has 4 heteroatoms. The average Bonchev–Trinajstić information content (AvgIpc) is 2.08. The molecular formula is C10H20O4. The third-order valence-corrected chi connectivity index (χ3v) is 1.67. The van der Waals surface area contributed by atoms with Crippen LogP contribution in [0.2, 0.25) is 0 Å². The summed E-state index contributed by atoms with van der Waals surface area (Å²) >= 11 is 0. The lowest BCUT2D eigenvalue weighted by Crippen LogP contribution is -2.09. The molecule has 0 radical (unpaired) electrons. The van der Waals surface area contributed by atoms with Gasteiger partial charge >= 0.3 is 5.97 Å². The molecule has 0 aromatic heterocycles. The van der Waals surface area contributed by atoms with Crippen LogP contribution in [-0.4, -0.2) is 37.5 Å². The maximum absolute atomic E-state index is 10.1. The second kappa shape index (κ2) is 8.97. The Labute approximate surface area is 85.2 Å². The van der Waals surface area contributed by atoms with Crippen molar-refractivity contribution >= 4 is 5.97 Å². The summed E-state index contributed by atoms with van der Waals surface area (Å²) in [5, 5.41) is 8.30. The summed E-state index contributed by atoms with van der Waals surface area (Å²) in [6.45, 7) is 6.33. The van der Waals surface area contributed by atoms with Crippen LogP contribution in [0, 0.1) is 5.92 Å². The van der Waals surface area contributed by atoms with Gasteiger partial charge in [0.1, 0.15) is 0 Å². The maximum atomic E-state index is 10.1. The molecule has 0 aliphatic rings. The van der Waals surface area contributed by atoms with E-state index in [0.29, 0.717) is 19.1 Å². The van der Waals surface area contributed by atoms with E-state index in [2.05, 4.69) is 13.8 Å². The minimum Gasteiger partial charge on any atom is -0.481 e. The molecule has 0 bridgehead atoms. The number of carboxylic acid groups (broad SMARTS) is 1. The number of ether oxygens (including phenoxy) is 2. The minimum absolute atomic E-state index is 0.0615. The number of carbonyl (C=O) groups is 1. The highest BCUT2D eigenvalue weighted by atomic mass is 16.5. The van der Waals surface area contributed by atoms with E-state index in [-0.39, 0.29) is 13.0 Å². The third kappa shape index (κ3) is 11.4. The number of hydrogen-bond donors (Lipinski definition) is 1. The first-order valence-corrected chi connectivity index (χ1v) is 5.00. The van der Waals surface area contributed by atoms with Gasteiger partial charge in [0.15, 0.2) is 0 Å². The normalized spacial score (nSPS) is 10.8. The van der Waals surface area contributed by atoms with Crippen molar-refractivity contribution < 1.29 is 19.4 Å². The molecule has 0 rings (SSSR count). The summed E-state index contributed by atoms with van der Waals surface area (Å²) < 4.78 is 10.3. The number of carboxylic acids is 1. The Kier molecular flexibility index (Phi) is 8.57. The highest BCUT2D eigenvalue weighted by molar-refractivity contribution is 5.66. The first kappa shape index (κ1) is 13.4. The lowest BCUT2D eigenvalue weighted by molar-refractivity contribution is -0.138. The molecule has 0 aliphatic heterocycles. The lowest BCUT2D eigenvalue weighted by Gasteiger charge is -2.06. The zero-order valence-electron chi connectivity index (χ0n) is 8.99. The van der Waals surface area contributed by atoms with E-state index < -0.39 is 5.97 Å².